The lowest BCUT2D eigenvalue weighted by Crippen LogP contribution is -2.38. The summed E-state index contributed by atoms with van der Waals surface area (Å²) in [4.78, 5) is 13.1. The van der Waals surface area contributed by atoms with Crippen LogP contribution in [0, 0.1) is 5.41 Å². The van der Waals surface area contributed by atoms with Gasteiger partial charge in [-0.25, -0.2) is 8.42 Å². The summed E-state index contributed by atoms with van der Waals surface area (Å²) in [5, 5.41) is 3.74. The number of nitrogens with one attached hydrogen (secondary N) is 1. The molecule has 0 fully saturated rings. The Morgan fingerprint density at radius 2 is 1.89 bits per heavy atom. The molecule has 27 heavy (non-hydrogen) atoms. The third kappa shape index (κ3) is 4.27. The molecule has 2 aromatic rings. The first-order valence-corrected chi connectivity index (χ1v) is 11.1. The molecule has 0 aliphatic carbocycles. The number of hydrogen-bond acceptors (Lipinski definition) is 6. The molecule has 0 spiro atoms. The van der Waals surface area contributed by atoms with Crippen molar-refractivity contribution in [3.8, 4) is 11.5 Å². The normalized spacial score (nSPS) is 15.2. The summed E-state index contributed by atoms with van der Waals surface area (Å²) in [5.74, 6) is 0.765. The van der Waals surface area contributed by atoms with E-state index in [2.05, 4.69) is 5.32 Å². The molecule has 1 aromatic heterocycles. The first-order valence-electron chi connectivity index (χ1n) is 8.65. The van der Waals surface area contributed by atoms with Gasteiger partial charge >= 0.3 is 0 Å². The van der Waals surface area contributed by atoms with Crippen LogP contribution in [-0.4, -0.2) is 34.1 Å². The molecule has 1 atom stereocenters. The summed E-state index contributed by atoms with van der Waals surface area (Å²) < 4.78 is 37.7. The fraction of sp³-hybridized carbons (Fsp3) is 0.421. The predicted octanol–water partition coefficient (Wildman–Crippen LogP) is 3.20. The maximum Gasteiger partial charge on any atom is 0.225 e. The SMILES string of the molecule is CC(C)(C)C(=O)NC[C@@H](c1cccs1)S(=O)(=O)c1ccc2c(c1)OCCO2. The summed E-state index contributed by atoms with van der Waals surface area (Å²) in [6, 6.07) is 8.21. The van der Waals surface area contributed by atoms with E-state index >= 15 is 0 Å². The van der Waals surface area contributed by atoms with Gasteiger partial charge in [0.25, 0.3) is 0 Å². The highest BCUT2D eigenvalue weighted by atomic mass is 32.2. The minimum absolute atomic E-state index is 0.00733. The number of sulfone groups is 1. The third-order valence-electron chi connectivity index (χ3n) is 4.21. The highest BCUT2D eigenvalue weighted by molar-refractivity contribution is 7.91. The van der Waals surface area contributed by atoms with E-state index in [0.29, 0.717) is 29.6 Å². The number of hydrogen-bond donors (Lipinski definition) is 1. The Morgan fingerprint density at radius 3 is 2.52 bits per heavy atom. The Bertz CT molecular complexity index is 914. The number of carbonyl (C=O) groups excluding carboxylic acids is 1. The quantitative estimate of drug-likeness (QED) is 0.820. The van der Waals surface area contributed by atoms with Crippen molar-refractivity contribution in [1.29, 1.82) is 0 Å². The highest BCUT2D eigenvalue weighted by Gasteiger charge is 2.33. The topological polar surface area (TPSA) is 81.7 Å². The average Bonchev–Trinajstić information content (AvgIpc) is 3.14. The molecular formula is C19H23NO5S2. The zero-order chi connectivity index (χ0) is 19.7. The molecule has 1 amide bonds. The monoisotopic (exact) mass is 409 g/mol. The van der Waals surface area contributed by atoms with Crippen molar-refractivity contribution in [2.75, 3.05) is 19.8 Å². The van der Waals surface area contributed by atoms with Crippen LogP contribution in [0.15, 0.2) is 40.6 Å². The molecule has 0 saturated carbocycles. The zero-order valence-electron chi connectivity index (χ0n) is 15.5. The lowest BCUT2D eigenvalue weighted by molar-refractivity contribution is -0.128. The van der Waals surface area contributed by atoms with Crippen molar-refractivity contribution in [1.82, 2.24) is 5.32 Å². The standard InChI is InChI=1S/C19H23NO5S2/c1-19(2,3)18(21)20-12-17(16-5-4-10-26-16)27(22,23)13-6-7-14-15(11-13)25-9-8-24-14/h4-7,10-11,17H,8-9,12H2,1-3H3,(H,20,21)/t17-/m0/s1. The second kappa shape index (κ2) is 7.52. The highest BCUT2D eigenvalue weighted by Crippen LogP contribution is 2.37. The summed E-state index contributed by atoms with van der Waals surface area (Å²) in [7, 11) is -3.74. The Kier molecular flexibility index (Phi) is 5.48. The Labute approximate surface area is 163 Å². The van der Waals surface area contributed by atoms with Gasteiger partial charge < -0.3 is 14.8 Å². The van der Waals surface area contributed by atoms with Gasteiger partial charge in [-0.3, -0.25) is 4.79 Å². The first kappa shape index (κ1) is 19.7. The number of thiophene rings is 1. The van der Waals surface area contributed by atoms with Crippen LogP contribution in [0.2, 0.25) is 0 Å². The van der Waals surface area contributed by atoms with Crippen LogP contribution in [-0.2, 0) is 14.6 Å². The molecule has 0 radical (unpaired) electrons. The molecule has 6 nitrogen and oxygen atoms in total. The molecule has 8 heteroatoms. The second-order valence-corrected chi connectivity index (χ2v) is 10.4. The van der Waals surface area contributed by atoms with E-state index in [4.69, 9.17) is 9.47 Å². The van der Waals surface area contributed by atoms with Crippen molar-refractivity contribution in [3.05, 3.63) is 40.6 Å². The van der Waals surface area contributed by atoms with Crippen LogP contribution < -0.4 is 14.8 Å². The van der Waals surface area contributed by atoms with E-state index < -0.39 is 20.5 Å². The van der Waals surface area contributed by atoms with Crippen molar-refractivity contribution in [2.24, 2.45) is 5.41 Å². The van der Waals surface area contributed by atoms with Crippen molar-refractivity contribution < 1.29 is 22.7 Å². The fourth-order valence-electron chi connectivity index (χ4n) is 2.65. The van der Waals surface area contributed by atoms with E-state index in [0.717, 1.165) is 0 Å². The summed E-state index contributed by atoms with van der Waals surface area (Å²) in [6.45, 7) is 6.20. The number of ether oxygens (including phenoxy) is 2. The molecule has 1 aromatic carbocycles. The lowest BCUT2D eigenvalue weighted by atomic mass is 9.96. The van der Waals surface area contributed by atoms with E-state index in [-0.39, 0.29) is 17.3 Å². The molecule has 1 N–H and O–H groups in total. The van der Waals surface area contributed by atoms with E-state index in [9.17, 15) is 13.2 Å². The molecule has 0 bridgehead atoms. The van der Waals surface area contributed by atoms with Crippen LogP contribution in [0.3, 0.4) is 0 Å². The fourth-order valence-corrected chi connectivity index (χ4v) is 5.45. The first-order chi connectivity index (χ1) is 12.7. The van der Waals surface area contributed by atoms with Gasteiger partial charge in [0, 0.05) is 22.9 Å². The van der Waals surface area contributed by atoms with Gasteiger partial charge in [0.05, 0.1) is 4.90 Å². The molecule has 1 aliphatic rings. The number of amides is 1. The van der Waals surface area contributed by atoms with Crippen LogP contribution in [0.25, 0.3) is 0 Å². The minimum Gasteiger partial charge on any atom is -0.486 e. The Hall–Kier alpha value is -2.06. The van der Waals surface area contributed by atoms with Crippen LogP contribution in [0.5, 0.6) is 11.5 Å². The van der Waals surface area contributed by atoms with E-state index in [1.165, 1.54) is 23.5 Å². The van der Waals surface area contributed by atoms with E-state index in [1.807, 2.05) is 5.38 Å². The lowest BCUT2D eigenvalue weighted by Gasteiger charge is -2.23. The number of fused-ring (bicyclic) bond motifs is 1. The van der Waals surface area contributed by atoms with Gasteiger partial charge in [0.1, 0.15) is 18.5 Å². The third-order valence-corrected chi connectivity index (χ3v) is 7.42. The van der Waals surface area contributed by atoms with Gasteiger partial charge in [-0.2, -0.15) is 0 Å². The predicted molar refractivity (Wildman–Crippen MR) is 104 cm³/mol. The molecule has 3 rings (SSSR count). The second-order valence-electron chi connectivity index (χ2n) is 7.31. The van der Waals surface area contributed by atoms with Crippen LogP contribution >= 0.6 is 11.3 Å². The van der Waals surface area contributed by atoms with Crippen molar-refractivity contribution in [3.63, 3.8) is 0 Å². The van der Waals surface area contributed by atoms with Crippen molar-refractivity contribution in [2.45, 2.75) is 30.9 Å². The molecule has 0 saturated heterocycles. The maximum atomic E-state index is 13.3. The number of benzene rings is 1. The number of rotatable bonds is 5. The molecule has 1 aliphatic heterocycles. The largest absolute Gasteiger partial charge is 0.486 e. The van der Waals surface area contributed by atoms with Gasteiger partial charge in [-0.1, -0.05) is 26.8 Å². The van der Waals surface area contributed by atoms with Gasteiger partial charge in [-0.15, -0.1) is 11.3 Å². The Morgan fingerprint density at radius 1 is 1.19 bits per heavy atom. The van der Waals surface area contributed by atoms with Crippen LogP contribution in [0.1, 0.15) is 30.9 Å². The summed E-state index contributed by atoms with van der Waals surface area (Å²) in [5.41, 5.74) is -0.596. The Balaban J connectivity index is 1.92. The van der Waals surface area contributed by atoms with Crippen molar-refractivity contribution >= 4 is 27.1 Å². The summed E-state index contributed by atoms with van der Waals surface area (Å²) >= 11 is 1.35. The van der Waals surface area contributed by atoms with E-state index in [1.54, 1.807) is 39.0 Å². The molecular weight excluding hydrogens is 386 g/mol. The molecule has 0 unspecified atom stereocenters. The number of carbonyl (C=O) groups is 1. The zero-order valence-corrected chi connectivity index (χ0v) is 17.2. The van der Waals surface area contributed by atoms with Crippen LogP contribution in [0.4, 0.5) is 0 Å². The van der Waals surface area contributed by atoms with Gasteiger partial charge in [-0.05, 0) is 23.6 Å². The maximum absolute atomic E-state index is 13.3. The molecule has 146 valence electrons. The smallest absolute Gasteiger partial charge is 0.225 e. The molecule has 2 heterocycles. The van der Waals surface area contributed by atoms with Gasteiger partial charge in [0.2, 0.25) is 5.91 Å². The van der Waals surface area contributed by atoms with Gasteiger partial charge in [0.15, 0.2) is 21.3 Å². The minimum atomic E-state index is -3.74. The summed E-state index contributed by atoms with van der Waals surface area (Å²) in [6.07, 6.45) is 0. The average molecular weight is 410 g/mol.